The highest BCUT2D eigenvalue weighted by Gasteiger charge is 2.30. The molecule has 0 bridgehead atoms. The number of carbonyl (C=O) groups is 1. The fourth-order valence-electron chi connectivity index (χ4n) is 2.64. The van der Waals surface area contributed by atoms with Crippen molar-refractivity contribution in [1.29, 1.82) is 0 Å². The molecule has 0 saturated carbocycles. The van der Waals surface area contributed by atoms with Crippen LogP contribution in [0.5, 0.6) is 0 Å². The molecule has 1 aromatic heterocycles. The topological polar surface area (TPSA) is 42.0 Å². The van der Waals surface area contributed by atoms with Crippen LogP contribution < -0.4 is 5.32 Å². The van der Waals surface area contributed by atoms with E-state index < -0.39 is 17.8 Å². The molecule has 3 nitrogen and oxygen atoms in total. The molecule has 0 saturated heterocycles. The van der Waals surface area contributed by atoms with Gasteiger partial charge in [0.05, 0.1) is 17.1 Å². The predicted octanol–water partition coefficient (Wildman–Crippen LogP) is 4.74. The zero-order valence-electron chi connectivity index (χ0n) is 13.3. The van der Waals surface area contributed by atoms with Gasteiger partial charge in [-0.25, -0.2) is 0 Å². The van der Waals surface area contributed by atoms with Gasteiger partial charge in [-0.1, -0.05) is 24.3 Å². The second-order valence-corrected chi connectivity index (χ2v) is 5.69. The number of rotatable bonds is 3. The molecule has 0 fully saturated rings. The van der Waals surface area contributed by atoms with E-state index in [4.69, 9.17) is 0 Å². The Bertz CT molecular complexity index is 916. The molecule has 0 aliphatic rings. The number of benzene rings is 2. The molecular weight excluding hydrogens is 329 g/mol. The van der Waals surface area contributed by atoms with Crippen LogP contribution >= 0.6 is 0 Å². The van der Waals surface area contributed by atoms with E-state index in [1.54, 1.807) is 49.5 Å². The third kappa shape index (κ3) is 3.63. The Morgan fingerprint density at radius 3 is 2.60 bits per heavy atom. The second kappa shape index (κ2) is 6.55. The number of amides is 1. The molecule has 0 spiro atoms. The third-order valence-corrected chi connectivity index (χ3v) is 3.95. The van der Waals surface area contributed by atoms with Crippen LogP contribution in [0.1, 0.15) is 34.5 Å². The van der Waals surface area contributed by atoms with Crippen LogP contribution in [0.2, 0.25) is 0 Å². The Balaban J connectivity index is 1.85. The summed E-state index contributed by atoms with van der Waals surface area (Å²) in [6.45, 7) is 1.65. The number of pyridine rings is 1. The average Bonchev–Trinajstić information content (AvgIpc) is 2.60. The van der Waals surface area contributed by atoms with Gasteiger partial charge >= 0.3 is 6.18 Å². The summed E-state index contributed by atoms with van der Waals surface area (Å²) in [6, 6.07) is 13.1. The van der Waals surface area contributed by atoms with Crippen LogP contribution in [0.25, 0.3) is 10.9 Å². The van der Waals surface area contributed by atoms with Gasteiger partial charge < -0.3 is 5.32 Å². The molecule has 25 heavy (non-hydrogen) atoms. The van der Waals surface area contributed by atoms with Crippen molar-refractivity contribution in [3.63, 3.8) is 0 Å². The van der Waals surface area contributed by atoms with Gasteiger partial charge in [-0.05, 0) is 42.8 Å². The lowest BCUT2D eigenvalue weighted by atomic mass is 10.0. The lowest BCUT2D eigenvalue weighted by molar-refractivity contribution is -0.137. The molecule has 1 atom stereocenters. The lowest BCUT2D eigenvalue weighted by Crippen LogP contribution is -2.27. The van der Waals surface area contributed by atoms with Crippen molar-refractivity contribution >= 4 is 16.8 Å². The second-order valence-electron chi connectivity index (χ2n) is 5.69. The van der Waals surface area contributed by atoms with Crippen molar-refractivity contribution in [2.24, 2.45) is 0 Å². The van der Waals surface area contributed by atoms with E-state index in [2.05, 4.69) is 10.3 Å². The Hall–Kier alpha value is -2.89. The zero-order valence-corrected chi connectivity index (χ0v) is 13.3. The SMILES string of the molecule is CC(NC(=O)c1cccc2ncccc12)c1cccc(C(F)(F)F)c1. The molecule has 2 aromatic carbocycles. The van der Waals surface area contributed by atoms with E-state index in [1.165, 1.54) is 6.07 Å². The Kier molecular flexibility index (Phi) is 4.44. The highest BCUT2D eigenvalue weighted by Crippen LogP contribution is 2.30. The fourth-order valence-corrected chi connectivity index (χ4v) is 2.64. The van der Waals surface area contributed by atoms with Crippen molar-refractivity contribution in [1.82, 2.24) is 10.3 Å². The van der Waals surface area contributed by atoms with Gasteiger partial charge in [-0.3, -0.25) is 9.78 Å². The van der Waals surface area contributed by atoms with Gasteiger partial charge in [0.25, 0.3) is 5.91 Å². The van der Waals surface area contributed by atoms with Crippen LogP contribution in [0.4, 0.5) is 13.2 Å². The van der Waals surface area contributed by atoms with E-state index in [1.807, 2.05) is 0 Å². The van der Waals surface area contributed by atoms with Gasteiger partial charge in [-0.2, -0.15) is 13.2 Å². The average molecular weight is 344 g/mol. The van der Waals surface area contributed by atoms with E-state index in [9.17, 15) is 18.0 Å². The number of nitrogens with one attached hydrogen (secondary N) is 1. The maximum absolute atomic E-state index is 12.8. The number of carbonyl (C=O) groups excluding carboxylic acids is 1. The molecular formula is C19H15F3N2O. The summed E-state index contributed by atoms with van der Waals surface area (Å²) in [6.07, 6.45) is -2.78. The normalized spacial score (nSPS) is 12.8. The minimum Gasteiger partial charge on any atom is -0.345 e. The van der Waals surface area contributed by atoms with Crippen molar-refractivity contribution in [2.75, 3.05) is 0 Å². The molecule has 1 unspecified atom stereocenters. The molecule has 1 heterocycles. The van der Waals surface area contributed by atoms with E-state index in [-0.39, 0.29) is 5.91 Å². The van der Waals surface area contributed by atoms with Crippen LogP contribution in [0.3, 0.4) is 0 Å². The van der Waals surface area contributed by atoms with E-state index >= 15 is 0 Å². The first-order valence-corrected chi connectivity index (χ1v) is 7.68. The van der Waals surface area contributed by atoms with Crippen LogP contribution in [0.15, 0.2) is 60.8 Å². The summed E-state index contributed by atoms with van der Waals surface area (Å²) in [5.41, 5.74) is 0.772. The Morgan fingerprint density at radius 2 is 1.84 bits per heavy atom. The fraction of sp³-hybridized carbons (Fsp3) is 0.158. The summed E-state index contributed by atoms with van der Waals surface area (Å²) in [5.74, 6) is -0.358. The van der Waals surface area contributed by atoms with Gasteiger partial charge in [0.2, 0.25) is 0 Å². The van der Waals surface area contributed by atoms with E-state index in [0.717, 1.165) is 12.1 Å². The molecule has 0 aliphatic carbocycles. The number of alkyl halides is 3. The summed E-state index contributed by atoms with van der Waals surface area (Å²) >= 11 is 0. The number of fused-ring (bicyclic) bond motifs is 1. The highest BCUT2D eigenvalue weighted by atomic mass is 19.4. The Morgan fingerprint density at radius 1 is 1.08 bits per heavy atom. The highest BCUT2D eigenvalue weighted by molar-refractivity contribution is 6.06. The molecule has 0 aliphatic heterocycles. The molecule has 1 N–H and O–H groups in total. The number of nitrogens with zero attached hydrogens (tertiary/aromatic N) is 1. The summed E-state index contributed by atoms with van der Waals surface area (Å²) in [7, 11) is 0. The van der Waals surface area contributed by atoms with Gasteiger partial charge in [0, 0.05) is 17.1 Å². The number of aromatic nitrogens is 1. The first-order chi connectivity index (χ1) is 11.9. The standard InChI is InChI=1S/C19H15F3N2O/c1-12(13-5-2-6-14(11-13)19(20,21)22)24-18(25)16-7-3-9-17-15(16)8-4-10-23-17/h2-12H,1H3,(H,24,25). The minimum absolute atomic E-state index is 0.358. The van der Waals surface area contributed by atoms with Crippen LogP contribution in [0, 0.1) is 0 Å². The maximum atomic E-state index is 12.8. The van der Waals surface area contributed by atoms with Crippen molar-refractivity contribution < 1.29 is 18.0 Å². The quantitative estimate of drug-likeness (QED) is 0.745. The summed E-state index contributed by atoms with van der Waals surface area (Å²) in [4.78, 5) is 16.8. The van der Waals surface area contributed by atoms with Crippen LogP contribution in [-0.4, -0.2) is 10.9 Å². The number of halogens is 3. The third-order valence-electron chi connectivity index (χ3n) is 3.95. The first kappa shape index (κ1) is 17.0. The summed E-state index contributed by atoms with van der Waals surface area (Å²) < 4.78 is 38.5. The van der Waals surface area contributed by atoms with Gasteiger partial charge in [0.15, 0.2) is 0 Å². The monoisotopic (exact) mass is 344 g/mol. The Labute approximate surface area is 142 Å². The lowest BCUT2D eigenvalue weighted by Gasteiger charge is -2.17. The van der Waals surface area contributed by atoms with Crippen molar-refractivity contribution in [3.8, 4) is 0 Å². The molecule has 128 valence electrons. The van der Waals surface area contributed by atoms with E-state index in [0.29, 0.717) is 22.0 Å². The smallest absolute Gasteiger partial charge is 0.345 e. The first-order valence-electron chi connectivity index (χ1n) is 7.68. The van der Waals surface area contributed by atoms with Gasteiger partial charge in [0.1, 0.15) is 0 Å². The van der Waals surface area contributed by atoms with Crippen molar-refractivity contribution in [3.05, 3.63) is 77.5 Å². The molecule has 3 rings (SSSR count). The molecule has 0 radical (unpaired) electrons. The number of hydrogen-bond donors (Lipinski definition) is 1. The molecule has 1 amide bonds. The van der Waals surface area contributed by atoms with Crippen molar-refractivity contribution in [2.45, 2.75) is 19.1 Å². The number of hydrogen-bond acceptors (Lipinski definition) is 2. The maximum Gasteiger partial charge on any atom is 0.416 e. The minimum atomic E-state index is -4.42. The largest absolute Gasteiger partial charge is 0.416 e. The molecule has 3 aromatic rings. The predicted molar refractivity (Wildman–Crippen MR) is 89.1 cm³/mol. The molecule has 6 heteroatoms. The van der Waals surface area contributed by atoms with Crippen LogP contribution in [-0.2, 0) is 6.18 Å². The zero-order chi connectivity index (χ0) is 18.0. The summed E-state index contributed by atoms with van der Waals surface area (Å²) in [5, 5.41) is 3.44. The van der Waals surface area contributed by atoms with Gasteiger partial charge in [-0.15, -0.1) is 0 Å².